The monoisotopic (exact) mass is 269 g/mol. The van der Waals surface area contributed by atoms with Gasteiger partial charge in [-0.15, -0.1) is 0 Å². The van der Waals surface area contributed by atoms with Gasteiger partial charge in [0, 0.05) is 11.3 Å². The standard InChI is InChI=1S/C18H23NO/c1-14-11-12-17(19)15(2)18(14)20-13-7-6-10-16-8-4-3-5-9-16/h3-5,8-9,11-12H,6-7,10,13,19H2,1-2H3. The average molecular weight is 269 g/mol. The average Bonchev–Trinajstić information content (AvgIpc) is 2.47. The van der Waals surface area contributed by atoms with Gasteiger partial charge in [-0.2, -0.15) is 0 Å². The van der Waals surface area contributed by atoms with E-state index in [1.165, 1.54) is 5.56 Å². The smallest absolute Gasteiger partial charge is 0.127 e. The number of ether oxygens (including phenoxy) is 1. The van der Waals surface area contributed by atoms with Crippen LogP contribution in [0.15, 0.2) is 42.5 Å². The van der Waals surface area contributed by atoms with Crippen molar-refractivity contribution in [3.8, 4) is 5.75 Å². The van der Waals surface area contributed by atoms with Gasteiger partial charge in [-0.1, -0.05) is 36.4 Å². The number of aryl methyl sites for hydroxylation is 2. The van der Waals surface area contributed by atoms with Gasteiger partial charge in [-0.3, -0.25) is 0 Å². The van der Waals surface area contributed by atoms with Crippen LogP contribution in [0.2, 0.25) is 0 Å². The number of anilines is 1. The number of nitrogens with two attached hydrogens (primary N) is 1. The molecule has 2 nitrogen and oxygen atoms in total. The van der Waals surface area contributed by atoms with Crippen molar-refractivity contribution < 1.29 is 4.74 Å². The topological polar surface area (TPSA) is 35.2 Å². The van der Waals surface area contributed by atoms with Gasteiger partial charge < -0.3 is 10.5 Å². The van der Waals surface area contributed by atoms with E-state index in [1.807, 2.05) is 19.1 Å². The van der Waals surface area contributed by atoms with Gasteiger partial charge in [0.2, 0.25) is 0 Å². The van der Waals surface area contributed by atoms with Crippen molar-refractivity contribution >= 4 is 5.69 Å². The molecule has 0 heterocycles. The molecule has 0 spiro atoms. The molecule has 0 unspecified atom stereocenters. The second-order valence-corrected chi connectivity index (χ2v) is 5.22. The third kappa shape index (κ3) is 3.77. The van der Waals surface area contributed by atoms with Crippen molar-refractivity contribution in [3.05, 3.63) is 59.2 Å². The van der Waals surface area contributed by atoms with Crippen molar-refractivity contribution in [1.29, 1.82) is 0 Å². The molecule has 0 bridgehead atoms. The van der Waals surface area contributed by atoms with E-state index in [2.05, 4.69) is 37.3 Å². The van der Waals surface area contributed by atoms with E-state index >= 15 is 0 Å². The first-order valence-electron chi connectivity index (χ1n) is 7.21. The molecule has 0 aliphatic carbocycles. The number of nitrogen functional groups attached to an aromatic ring is 1. The molecule has 0 atom stereocenters. The Morgan fingerprint density at radius 1 is 0.950 bits per heavy atom. The van der Waals surface area contributed by atoms with Crippen molar-refractivity contribution in [2.24, 2.45) is 0 Å². The van der Waals surface area contributed by atoms with Crippen molar-refractivity contribution in [3.63, 3.8) is 0 Å². The van der Waals surface area contributed by atoms with Crippen molar-refractivity contribution in [2.45, 2.75) is 33.1 Å². The lowest BCUT2D eigenvalue weighted by atomic mass is 10.1. The summed E-state index contributed by atoms with van der Waals surface area (Å²) in [5, 5.41) is 0. The van der Waals surface area contributed by atoms with Gasteiger partial charge in [0.05, 0.1) is 6.61 Å². The van der Waals surface area contributed by atoms with E-state index in [1.54, 1.807) is 0 Å². The van der Waals surface area contributed by atoms with Crippen molar-refractivity contribution in [2.75, 3.05) is 12.3 Å². The molecule has 0 radical (unpaired) electrons. The zero-order chi connectivity index (χ0) is 14.4. The zero-order valence-corrected chi connectivity index (χ0v) is 12.4. The SMILES string of the molecule is Cc1ccc(N)c(C)c1OCCCCc1ccccc1. The van der Waals surface area contributed by atoms with Crippen molar-refractivity contribution in [1.82, 2.24) is 0 Å². The third-order valence-electron chi connectivity index (χ3n) is 3.59. The Morgan fingerprint density at radius 3 is 2.45 bits per heavy atom. The molecule has 2 rings (SSSR count). The molecule has 0 saturated heterocycles. The van der Waals surface area contributed by atoms with Crippen LogP contribution in [0.4, 0.5) is 5.69 Å². The first-order valence-corrected chi connectivity index (χ1v) is 7.21. The number of hydrogen-bond acceptors (Lipinski definition) is 2. The van der Waals surface area contributed by atoms with Crippen LogP contribution in [-0.2, 0) is 6.42 Å². The van der Waals surface area contributed by atoms with E-state index in [9.17, 15) is 0 Å². The first-order chi connectivity index (χ1) is 9.68. The molecule has 2 N–H and O–H groups in total. The Kier molecular flexibility index (Phi) is 5.05. The summed E-state index contributed by atoms with van der Waals surface area (Å²) in [6, 6.07) is 14.5. The number of benzene rings is 2. The fourth-order valence-electron chi connectivity index (χ4n) is 2.31. The zero-order valence-electron chi connectivity index (χ0n) is 12.4. The van der Waals surface area contributed by atoms with E-state index in [0.717, 1.165) is 48.4 Å². The van der Waals surface area contributed by atoms with Crippen LogP contribution in [0.1, 0.15) is 29.5 Å². The van der Waals surface area contributed by atoms with Crippen LogP contribution in [0, 0.1) is 13.8 Å². The van der Waals surface area contributed by atoms with Crippen LogP contribution in [-0.4, -0.2) is 6.61 Å². The molecule has 20 heavy (non-hydrogen) atoms. The molecule has 0 aromatic heterocycles. The minimum atomic E-state index is 0.748. The van der Waals surface area contributed by atoms with E-state index < -0.39 is 0 Å². The highest BCUT2D eigenvalue weighted by atomic mass is 16.5. The van der Waals surface area contributed by atoms with Crippen LogP contribution in [0.25, 0.3) is 0 Å². The second kappa shape index (κ2) is 6.99. The Hall–Kier alpha value is -1.96. The van der Waals surface area contributed by atoms with Gasteiger partial charge in [-0.25, -0.2) is 0 Å². The molecule has 106 valence electrons. The van der Waals surface area contributed by atoms with E-state index in [0.29, 0.717) is 0 Å². The first kappa shape index (κ1) is 14.4. The normalized spacial score (nSPS) is 10.5. The molecule has 2 aromatic rings. The molecular weight excluding hydrogens is 246 g/mol. The summed E-state index contributed by atoms with van der Waals surface area (Å²) in [7, 11) is 0. The summed E-state index contributed by atoms with van der Waals surface area (Å²) in [5.74, 6) is 0.949. The van der Waals surface area contributed by atoms with Crippen LogP contribution in [0.3, 0.4) is 0 Å². The molecule has 0 saturated carbocycles. The minimum absolute atomic E-state index is 0.748. The summed E-state index contributed by atoms with van der Waals surface area (Å²) < 4.78 is 5.91. The Bertz CT molecular complexity index is 549. The number of hydrogen-bond donors (Lipinski definition) is 1. The fourth-order valence-corrected chi connectivity index (χ4v) is 2.31. The van der Waals surface area contributed by atoms with E-state index in [4.69, 9.17) is 10.5 Å². The van der Waals surface area contributed by atoms with Gasteiger partial charge >= 0.3 is 0 Å². The maximum atomic E-state index is 5.92. The number of unbranched alkanes of at least 4 members (excludes halogenated alkanes) is 1. The molecule has 0 fully saturated rings. The highest BCUT2D eigenvalue weighted by Gasteiger charge is 2.06. The van der Waals surface area contributed by atoms with E-state index in [-0.39, 0.29) is 0 Å². The molecule has 2 aromatic carbocycles. The van der Waals surface area contributed by atoms with Gasteiger partial charge in [-0.05, 0) is 50.3 Å². The van der Waals surface area contributed by atoms with Crippen LogP contribution in [0.5, 0.6) is 5.75 Å². The summed E-state index contributed by atoms with van der Waals surface area (Å²) in [5.41, 5.74) is 10.3. The van der Waals surface area contributed by atoms with Gasteiger partial charge in [0.15, 0.2) is 0 Å². The maximum Gasteiger partial charge on any atom is 0.127 e. The number of rotatable bonds is 6. The molecule has 0 aliphatic rings. The third-order valence-corrected chi connectivity index (χ3v) is 3.59. The maximum absolute atomic E-state index is 5.92. The quantitative estimate of drug-likeness (QED) is 0.627. The Labute approximate surface area is 121 Å². The molecule has 0 amide bonds. The highest BCUT2D eigenvalue weighted by molar-refractivity contribution is 5.56. The van der Waals surface area contributed by atoms with Crippen LogP contribution < -0.4 is 10.5 Å². The van der Waals surface area contributed by atoms with Gasteiger partial charge in [0.25, 0.3) is 0 Å². The fraction of sp³-hybridized carbons (Fsp3) is 0.333. The summed E-state index contributed by atoms with van der Waals surface area (Å²) >= 11 is 0. The lowest BCUT2D eigenvalue weighted by molar-refractivity contribution is 0.303. The molecule has 0 aliphatic heterocycles. The lowest BCUT2D eigenvalue weighted by Gasteiger charge is -2.13. The predicted molar refractivity (Wildman–Crippen MR) is 85.2 cm³/mol. The van der Waals surface area contributed by atoms with Crippen LogP contribution >= 0.6 is 0 Å². The summed E-state index contributed by atoms with van der Waals surface area (Å²) in [6.45, 7) is 4.82. The molecule has 2 heteroatoms. The largest absolute Gasteiger partial charge is 0.493 e. The Morgan fingerprint density at radius 2 is 1.70 bits per heavy atom. The minimum Gasteiger partial charge on any atom is -0.493 e. The summed E-state index contributed by atoms with van der Waals surface area (Å²) in [6.07, 6.45) is 3.31. The predicted octanol–water partition coefficient (Wildman–Crippen LogP) is 4.29. The highest BCUT2D eigenvalue weighted by Crippen LogP contribution is 2.27. The summed E-state index contributed by atoms with van der Waals surface area (Å²) in [4.78, 5) is 0. The molecular formula is C18H23NO. The van der Waals surface area contributed by atoms with Gasteiger partial charge in [0.1, 0.15) is 5.75 Å². The lowest BCUT2D eigenvalue weighted by Crippen LogP contribution is -2.03. The Balaban J connectivity index is 1.78. The second-order valence-electron chi connectivity index (χ2n) is 5.22.